The Labute approximate surface area is 105 Å². The van der Waals surface area contributed by atoms with Gasteiger partial charge in [-0.15, -0.1) is 0 Å². The van der Waals surface area contributed by atoms with Crippen LogP contribution in [0.4, 0.5) is 5.69 Å². The minimum absolute atomic E-state index is 0.667. The molecule has 0 saturated heterocycles. The summed E-state index contributed by atoms with van der Waals surface area (Å²) in [7, 11) is 0. The molecule has 2 aromatic carbocycles. The molecule has 0 aliphatic carbocycles. The lowest BCUT2D eigenvalue weighted by molar-refractivity contribution is 1.46. The van der Waals surface area contributed by atoms with E-state index in [2.05, 4.69) is 0 Å². The Hall–Kier alpha value is -1.18. The third-order valence-corrected chi connectivity index (χ3v) is 3.17. The summed E-state index contributed by atoms with van der Waals surface area (Å²) >= 11 is 11.9. The minimum Gasteiger partial charge on any atom is -0.399 e. The molecule has 82 valence electrons. The molecule has 0 fully saturated rings. The molecule has 16 heavy (non-hydrogen) atoms. The van der Waals surface area contributed by atoms with E-state index in [1.54, 1.807) is 6.07 Å². The Morgan fingerprint density at radius 1 is 1.00 bits per heavy atom. The third-order valence-electron chi connectivity index (χ3n) is 2.52. The molecule has 0 spiro atoms. The van der Waals surface area contributed by atoms with E-state index >= 15 is 0 Å². The predicted octanol–water partition coefficient (Wildman–Crippen LogP) is 4.55. The average Bonchev–Trinajstić information content (AvgIpc) is 2.25. The Morgan fingerprint density at radius 3 is 2.25 bits per heavy atom. The van der Waals surface area contributed by atoms with Gasteiger partial charge in [-0.3, -0.25) is 0 Å². The van der Waals surface area contributed by atoms with E-state index in [4.69, 9.17) is 28.9 Å². The van der Waals surface area contributed by atoms with Gasteiger partial charge in [0, 0.05) is 15.7 Å². The average molecular weight is 252 g/mol. The summed E-state index contributed by atoms with van der Waals surface area (Å²) in [5, 5.41) is 1.40. The zero-order valence-corrected chi connectivity index (χ0v) is 10.3. The summed E-state index contributed by atoms with van der Waals surface area (Å²) in [5.74, 6) is 0. The first-order valence-corrected chi connectivity index (χ1v) is 5.65. The second-order valence-corrected chi connectivity index (χ2v) is 4.53. The van der Waals surface area contributed by atoms with Crippen LogP contribution in [0.5, 0.6) is 0 Å². The summed E-state index contributed by atoms with van der Waals surface area (Å²) in [4.78, 5) is 0. The van der Waals surface area contributed by atoms with E-state index in [1.165, 1.54) is 0 Å². The van der Waals surface area contributed by atoms with Gasteiger partial charge >= 0.3 is 0 Å². The Bertz CT molecular complexity index is 518. The lowest BCUT2D eigenvalue weighted by Gasteiger charge is -2.09. The maximum atomic E-state index is 6.09. The fourth-order valence-corrected chi connectivity index (χ4v) is 1.98. The monoisotopic (exact) mass is 251 g/mol. The lowest BCUT2D eigenvalue weighted by Crippen LogP contribution is -1.90. The highest BCUT2D eigenvalue weighted by atomic mass is 35.5. The first-order valence-electron chi connectivity index (χ1n) is 4.89. The van der Waals surface area contributed by atoms with Crippen molar-refractivity contribution in [2.24, 2.45) is 0 Å². The van der Waals surface area contributed by atoms with Crippen molar-refractivity contribution < 1.29 is 0 Å². The van der Waals surface area contributed by atoms with Crippen LogP contribution in [0, 0.1) is 6.92 Å². The molecule has 0 aliphatic rings. The van der Waals surface area contributed by atoms with E-state index in [1.807, 2.05) is 37.3 Å². The van der Waals surface area contributed by atoms with E-state index in [9.17, 15) is 0 Å². The molecule has 0 atom stereocenters. The Kier molecular flexibility index (Phi) is 3.08. The molecule has 2 N–H and O–H groups in total. The van der Waals surface area contributed by atoms with Crippen molar-refractivity contribution in [2.75, 3.05) is 5.73 Å². The standard InChI is InChI=1S/C13H11Cl2N/c1-8-12(6-11(16)7-13(8)15)9-2-4-10(14)5-3-9/h2-7H,16H2,1H3. The highest BCUT2D eigenvalue weighted by Crippen LogP contribution is 2.31. The maximum absolute atomic E-state index is 6.09. The van der Waals surface area contributed by atoms with Crippen LogP contribution in [0.15, 0.2) is 36.4 Å². The predicted molar refractivity (Wildman–Crippen MR) is 71.0 cm³/mol. The largest absolute Gasteiger partial charge is 0.399 e. The van der Waals surface area contributed by atoms with Gasteiger partial charge in [-0.2, -0.15) is 0 Å². The topological polar surface area (TPSA) is 26.0 Å². The van der Waals surface area contributed by atoms with Gasteiger partial charge in [-0.05, 0) is 47.9 Å². The number of anilines is 1. The highest BCUT2D eigenvalue weighted by Gasteiger charge is 2.06. The molecule has 1 nitrogen and oxygen atoms in total. The molecule has 0 unspecified atom stereocenters. The molecule has 2 aromatic rings. The van der Waals surface area contributed by atoms with Gasteiger partial charge in [-0.1, -0.05) is 35.3 Å². The van der Waals surface area contributed by atoms with Crippen LogP contribution in [-0.2, 0) is 0 Å². The zero-order valence-electron chi connectivity index (χ0n) is 8.80. The van der Waals surface area contributed by atoms with Crippen molar-refractivity contribution in [1.29, 1.82) is 0 Å². The van der Waals surface area contributed by atoms with Crippen molar-refractivity contribution in [3.63, 3.8) is 0 Å². The maximum Gasteiger partial charge on any atom is 0.0461 e. The molecular weight excluding hydrogens is 241 g/mol. The van der Waals surface area contributed by atoms with Crippen LogP contribution in [-0.4, -0.2) is 0 Å². The lowest BCUT2D eigenvalue weighted by atomic mass is 10.00. The number of benzene rings is 2. The van der Waals surface area contributed by atoms with Gasteiger partial charge in [0.1, 0.15) is 0 Å². The van der Waals surface area contributed by atoms with Crippen LogP contribution in [0.3, 0.4) is 0 Å². The van der Waals surface area contributed by atoms with Crippen LogP contribution >= 0.6 is 23.2 Å². The minimum atomic E-state index is 0.667. The Morgan fingerprint density at radius 2 is 1.62 bits per heavy atom. The van der Waals surface area contributed by atoms with Crippen LogP contribution < -0.4 is 5.73 Å². The van der Waals surface area contributed by atoms with Gasteiger partial charge in [0.15, 0.2) is 0 Å². The van der Waals surface area contributed by atoms with Crippen molar-refractivity contribution in [2.45, 2.75) is 6.92 Å². The first kappa shape index (κ1) is 11.3. The highest BCUT2D eigenvalue weighted by molar-refractivity contribution is 6.32. The smallest absolute Gasteiger partial charge is 0.0461 e. The molecule has 0 bridgehead atoms. The van der Waals surface area contributed by atoms with Crippen LogP contribution in [0.25, 0.3) is 11.1 Å². The van der Waals surface area contributed by atoms with Gasteiger partial charge in [0.2, 0.25) is 0 Å². The normalized spacial score (nSPS) is 10.4. The molecule has 2 rings (SSSR count). The summed E-state index contributed by atoms with van der Waals surface area (Å²) in [6, 6.07) is 11.3. The van der Waals surface area contributed by atoms with Crippen molar-refractivity contribution in [3.05, 3.63) is 52.0 Å². The first-order chi connectivity index (χ1) is 7.58. The molecule has 0 radical (unpaired) electrons. The number of hydrogen-bond acceptors (Lipinski definition) is 1. The van der Waals surface area contributed by atoms with E-state index in [0.717, 1.165) is 21.7 Å². The van der Waals surface area contributed by atoms with E-state index < -0.39 is 0 Å². The van der Waals surface area contributed by atoms with E-state index in [-0.39, 0.29) is 0 Å². The second-order valence-electron chi connectivity index (χ2n) is 3.68. The zero-order chi connectivity index (χ0) is 11.7. The van der Waals surface area contributed by atoms with Gasteiger partial charge in [0.05, 0.1) is 0 Å². The quantitative estimate of drug-likeness (QED) is 0.740. The number of hydrogen-bond donors (Lipinski definition) is 1. The molecule has 0 saturated carbocycles. The SMILES string of the molecule is Cc1c(Cl)cc(N)cc1-c1ccc(Cl)cc1. The second kappa shape index (κ2) is 4.36. The molecule has 0 aromatic heterocycles. The molecule has 3 heteroatoms. The third kappa shape index (κ3) is 2.16. The number of halogens is 2. The summed E-state index contributed by atoms with van der Waals surface area (Å²) < 4.78 is 0. The summed E-state index contributed by atoms with van der Waals surface area (Å²) in [6.45, 7) is 1.98. The van der Waals surface area contributed by atoms with Crippen molar-refractivity contribution >= 4 is 28.9 Å². The van der Waals surface area contributed by atoms with Crippen LogP contribution in [0.2, 0.25) is 10.0 Å². The summed E-state index contributed by atoms with van der Waals surface area (Å²) in [6.07, 6.45) is 0. The summed E-state index contributed by atoms with van der Waals surface area (Å²) in [5.41, 5.74) is 9.59. The Balaban J connectivity index is 2.59. The fourth-order valence-electron chi connectivity index (χ4n) is 1.63. The fraction of sp³-hybridized carbons (Fsp3) is 0.0769. The molecule has 0 amide bonds. The van der Waals surface area contributed by atoms with Crippen molar-refractivity contribution in [1.82, 2.24) is 0 Å². The molecule has 0 heterocycles. The number of nitrogens with two attached hydrogens (primary N) is 1. The van der Waals surface area contributed by atoms with Gasteiger partial charge in [0.25, 0.3) is 0 Å². The number of rotatable bonds is 1. The van der Waals surface area contributed by atoms with Crippen molar-refractivity contribution in [3.8, 4) is 11.1 Å². The molecule has 0 aliphatic heterocycles. The van der Waals surface area contributed by atoms with E-state index in [0.29, 0.717) is 10.7 Å². The number of nitrogen functional groups attached to an aromatic ring is 1. The molecular formula is C13H11Cl2N. The van der Waals surface area contributed by atoms with Gasteiger partial charge < -0.3 is 5.73 Å². The van der Waals surface area contributed by atoms with Crippen LogP contribution in [0.1, 0.15) is 5.56 Å². The van der Waals surface area contributed by atoms with Gasteiger partial charge in [-0.25, -0.2) is 0 Å².